The fourth-order valence-corrected chi connectivity index (χ4v) is 2.44. The van der Waals surface area contributed by atoms with Gasteiger partial charge >= 0.3 is 0 Å². The molecule has 134 valence electrons. The predicted molar refractivity (Wildman–Crippen MR) is 94.6 cm³/mol. The van der Waals surface area contributed by atoms with Crippen LogP contribution in [-0.2, 0) is 6.54 Å². The average molecular weight is 353 g/mol. The van der Waals surface area contributed by atoms with E-state index < -0.39 is 0 Å². The van der Waals surface area contributed by atoms with Crippen molar-refractivity contribution in [2.24, 2.45) is 0 Å². The van der Waals surface area contributed by atoms with Crippen LogP contribution in [0.2, 0.25) is 0 Å². The maximum absolute atomic E-state index is 12.5. The van der Waals surface area contributed by atoms with Crippen LogP contribution < -0.4 is 14.8 Å². The second-order valence-corrected chi connectivity index (χ2v) is 5.59. The lowest BCUT2D eigenvalue weighted by Crippen LogP contribution is -2.25. The number of nitrogens with one attached hydrogen (secondary N) is 1. The van der Waals surface area contributed by atoms with E-state index in [4.69, 9.17) is 9.47 Å². The molecule has 0 aliphatic carbocycles. The van der Waals surface area contributed by atoms with Gasteiger partial charge in [0.1, 0.15) is 11.5 Å². The number of rotatable bonds is 6. The molecule has 8 heteroatoms. The summed E-state index contributed by atoms with van der Waals surface area (Å²) in [5, 5.41) is 14.5. The third-order valence-electron chi connectivity index (χ3n) is 3.87. The fraction of sp³-hybridized carbons (Fsp3) is 0.222. The highest BCUT2D eigenvalue weighted by atomic mass is 16.5. The quantitative estimate of drug-likeness (QED) is 0.728. The monoisotopic (exact) mass is 353 g/mol. The third-order valence-corrected chi connectivity index (χ3v) is 3.87. The van der Waals surface area contributed by atoms with Crippen molar-refractivity contribution >= 4 is 5.91 Å². The Balaban J connectivity index is 1.75. The van der Waals surface area contributed by atoms with Crippen molar-refractivity contribution in [1.29, 1.82) is 0 Å². The van der Waals surface area contributed by atoms with E-state index in [0.29, 0.717) is 22.9 Å². The van der Waals surface area contributed by atoms with E-state index in [-0.39, 0.29) is 12.5 Å². The smallest absolute Gasteiger partial charge is 0.255 e. The number of ether oxygens (including phenoxy) is 2. The van der Waals surface area contributed by atoms with Gasteiger partial charge in [0, 0.05) is 6.07 Å². The number of aromatic nitrogens is 4. The molecule has 0 atom stereocenters. The molecule has 0 unspecified atom stereocenters. The molecule has 0 aliphatic rings. The third kappa shape index (κ3) is 3.64. The molecular formula is C18H19N5O3. The molecule has 8 nitrogen and oxygen atoms in total. The number of tetrazole rings is 1. The molecule has 0 fully saturated rings. The van der Waals surface area contributed by atoms with Crippen LogP contribution in [-0.4, -0.2) is 40.3 Å². The molecule has 1 amide bonds. The van der Waals surface area contributed by atoms with Gasteiger partial charge in [0.15, 0.2) is 5.82 Å². The number of amides is 1. The van der Waals surface area contributed by atoms with E-state index in [2.05, 4.69) is 20.8 Å². The van der Waals surface area contributed by atoms with Crippen LogP contribution in [0.5, 0.6) is 11.5 Å². The van der Waals surface area contributed by atoms with Gasteiger partial charge in [0.2, 0.25) is 0 Å². The highest BCUT2D eigenvalue weighted by Gasteiger charge is 2.15. The molecule has 2 aromatic carbocycles. The summed E-state index contributed by atoms with van der Waals surface area (Å²) >= 11 is 0. The number of methoxy groups -OCH3 is 2. The molecule has 26 heavy (non-hydrogen) atoms. The maximum Gasteiger partial charge on any atom is 0.255 e. The first-order valence-corrected chi connectivity index (χ1v) is 7.97. The number of benzene rings is 2. The van der Waals surface area contributed by atoms with Crippen LogP contribution in [0.15, 0.2) is 42.5 Å². The Bertz CT molecular complexity index is 905. The number of nitrogens with zero attached hydrogens (tertiary/aromatic N) is 4. The number of carbonyl (C=O) groups is 1. The van der Waals surface area contributed by atoms with Gasteiger partial charge in [-0.15, -0.1) is 5.10 Å². The first kappa shape index (κ1) is 17.4. The summed E-state index contributed by atoms with van der Waals surface area (Å²) in [6.07, 6.45) is 0. The number of hydrogen-bond acceptors (Lipinski definition) is 6. The number of aryl methyl sites for hydroxylation is 1. The molecule has 0 aliphatic heterocycles. The number of carbonyl (C=O) groups excluding carboxylic acids is 1. The molecule has 0 saturated heterocycles. The zero-order valence-electron chi connectivity index (χ0n) is 14.8. The Morgan fingerprint density at radius 3 is 2.58 bits per heavy atom. The Morgan fingerprint density at radius 2 is 1.88 bits per heavy atom. The van der Waals surface area contributed by atoms with Crippen LogP contribution in [0.4, 0.5) is 0 Å². The SMILES string of the molecule is COc1ccc(C(=O)NCc2nnnn2-c2ccc(C)cc2)c(OC)c1. The minimum atomic E-state index is -0.289. The average Bonchev–Trinajstić information content (AvgIpc) is 3.14. The van der Waals surface area contributed by atoms with Crippen molar-refractivity contribution in [2.75, 3.05) is 14.2 Å². The van der Waals surface area contributed by atoms with Crippen molar-refractivity contribution in [2.45, 2.75) is 13.5 Å². The van der Waals surface area contributed by atoms with E-state index in [1.807, 2.05) is 31.2 Å². The van der Waals surface area contributed by atoms with Gasteiger partial charge in [0.25, 0.3) is 5.91 Å². The Hall–Kier alpha value is -3.42. The summed E-state index contributed by atoms with van der Waals surface area (Å²) in [7, 11) is 3.06. The zero-order valence-corrected chi connectivity index (χ0v) is 14.8. The van der Waals surface area contributed by atoms with Gasteiger partial charge in [-0.25, -0.2) is 0 Å². The highest BCUT2D eigenvalue weighted by molar-refractivity contribution is 5.97. The molecule has 3 rings (SSSR count). The maximum atomic E-state index is 12.5. The first-order valence-electron chi connectivity index (χ1n) is 7.97. The normalized spacial score (nSPS) is 10.4. The largest absolute Gasteiger partial charge is 0.497 e. The lowest BCUT2D eigenvalue weighted by Gasteiger charge is -2.11. The van der Waals surface area contributed by atoms with Gasteiger partial charge < -0.3 is 14.8 Å². The van der Waals surface area contributed by atoms with Crippen LogP contribution in [0, 0.1) is 6.92 Å². The molecule has 0 bridgehead atoms. The van der Waals surface area contributed by atoms with Gasteiger partial charge in [0.05, 0.1) is 32.0 Å². The fourth-order valence-electron chi connectivity index (χ4n) is 2.44. The van der Waals surface area contributed by atoms with Gasteiger partial charge in [-0.2, -0.15) is 4.68 Å². The second-order valence-electron chi connectivity index (χ2n) is 5.59. The van der Waals surface area contributed by atoms with E-state index in [9.17, 15) is 4.79 Å². The summed E-state index contributed by atoms with van der Waals surface area (Å²) in [6, 6.07) is 12.8. The van der Waals surface area contributed by atoms with Crippen molar-refractivity contribution in [3.8, 4) is 17.2 Å². The predicted octanol–water partition coefficient (Wildman–Crippen LogP) is 1.92. The van der Waals surface area contributed by atoms with E-state index in [1.54, 1.807) is 30.0 Å². The molecule has 0 saturated carbocycles. The summed E-state index contributed by atoms with van der Waals surface area (Å²) < 4.78 is 12.0. The Morgan fingerprint density at radius 1 is 1.12 bits per heavy atom. The van der Waals surface area contributed by atoms with Crippen LogP contribution in [0.1, 0.15) is 21.7 Å². The van der Waals surface area contributed by atoms with Crippen molar-refractivity contribution < 1.29 is 14.3 Å². The van der Waals surface area contributed by atoms with E-state index in [0.717, 1.165) is 11.3 Å². The summed E-state index contributed by atoms with van der Waals surface area (Å²) in [5.41, 5.74) is 2.37. The lowest BCUT2D eigenvalue weighted by atomic mass is 10.1. The van der Waals surface area contributed by atoms with Gasteiger partial charge in [-0.05, 0) is 41.6 Å². The molecule has 1 heterocycles. The summed E-state index contributed by atoms with van der Waals surface area (Å²) in [6.45, 7) is 2.18. The Kier molecular flexibility index (Phi) is 5.12. The van der Waals surface area contributed by atoms with Crippen molar-refractivity contribution in [3.63, 3.8) is 0 Å². The molecule has 0 spiro atoms. The topological polar surface area (TPSA) is 91.2 Å². The minimum Gasteiger partial charge on any atom is -0.497 e. The standard InChI is InChI=1S/C18H19N5O3/c1-12-4-6-13(7-5-12)23-17(20-21-22-23)11-19-18(24)15-9-8-14(25-2)10-16(15)26-3/h4-10H,11H2,1-3H3,(H,19,24). The minimum absolute atomic E-state index is 0.175. The molecule has 1 N–H and O–H groups in total. The van der Waals surface area contributed by atoms with E-state index >= 15 is 0 Å². The van der Waals surface area contributed by atoms with Crippen LogP contribution in [0.3, 0.4) is 0 Å². The van der Waals surface area contributed by atoms with Crippen molar-refractivity contribution in [3.05, 3.63) is 59.4 Å². The molecule has 1 aromatic heterocycles. The van der Waals surface area contributed by atoms with Gasteiger partial charge in [-0.1, -0.05) is 17.7 Å². The second kappa shape index (κ2) is 7.64. The lowest BCUT2D eigenvalue weighted by molar-refractivity contribution is 0.0946. The van der Waals surface area contributed by atoms with Crippen molar-refractivity contribution in [1.82, 2.24) is 25.5 Å². The molecule has 0 radical (unpaired) electrons. The molecular weight excluding hydrogens is 334 g/mol. The van der Waals surface area contributed by atoms with E-state index in [1.165, 1.54) is 7.11 Å². The first-order chi connectivity index (χ1) is 12.6. The molecule has 3 aromatic rings. The number of hydrogen-bond donors (Lipinski definition) is 1. The summed E-state index contributed by atoms with van der Waals surface area (Å²) in [4.78, 5) is 12.5. The summed E-state index contributed by atoms with van der Waals surface area (Å²) in [5.74, 6) is 1.28. The van der Waals surface area contributed by atoms with Crippen LogP contribution >= 0.6 is 0 Å². The highest BCUT2D eigenvalue weighted by Crippen LogP contribution is 2.24. The van der Waals surface area contributed by atoms with Crippen LogP contribution in [0.25, 0.3) is 5.69 Å². The van der Waals surface area contributed by atoms with Gasteiger partial charge in [-0.3, -0.25) is 4.79 Å². The Labute approximate surface area is 150 Å². The zero-order chi connectivity index (χ0) is 18.5.